The zero-order chi connectivity index (χ0) is 22.2. The third-order valence-corrected chi connectivity index (χ3v) is 5.64. The predicted octanol–water partition coefficient (Wildman–Crippen LogP) is 5.22. The Labute approximate surface area is 191 Å². The number of rotatable bonds is 10. The van der Waals surface area contributed by atoms with E-state index < -0.39 is 0 Å². The first-order valence-corrected chi connectivity index (χ1v) is 11.4. The fraction of sp³-hybridized carbons (Fsp3) is 0.318. The van der Waals surface area contributed by atoms with Crippen molar-refractivity contribution in [3.05, 3.63) is 59.4 Å². The zero-order valence-electron chi connectivity index (χ0n) is 17.7. The second-order valence-electron chi connectivity index (χ2n) is 6.54. The van der Waals surface area contributed by atoms with Gasteiger partial charge in [-0.15, -0.1) is 10.2 Å². The van der Waals surface area contributed by atoms with E-state index in [1.54, 1.807) is 6.07 Å². The summed E-state index contributed by atoms with van der Waals surface area (Å²) in [5.74, 6) is 1.95. The van der Waals surface area contributed by atoms with E-state index in [9.17, 15) is 4.79 Å². The number of hydrogen-bond acceptors (Lipinski definition) is 6. The summed E-state index contributed by atoms with van der Waals surface area (Å²) in [4.78, 5) is 12.5. The largest absolute Gasteiger partial charge is 0.492 e. The van der Waals surface area contributed by atoms with Crippen LogP contribution in [-0.2, 0) is 11.3 Å². The molecule has 3 aromatic rings. The Morgan fingerprint density at radius 1 is 1.13 bits per heavy atom. The summed E-state index contributed by atoms with van der Waals surface area (Å²) in [7, 11) is 0. The number of anilines is 1. The van der Waals surface area contributed by atoms with Crippen molar-refractivity contribution in [3.63, 3.8) is 0 Å². The Hall–Kier alpha value is -2.71. The molecule has 0 aliphatic carbocycles. The summed E-state index contributed by atoms with van der Waals surface area (Å²) in [6.45, 7) is 6.97. The standard InChI is InChI=1S/C22H25ClN4O3S/c1-4-27-21(15(3)30-18-12-8-6-10-16(18)23)25-26-22(27)31-14-20(28)24-17-11-7-9-13-19(17)29-5-2/h6-13,15H,4-5,14H2,1-3H3,(H,24,28). The summed E-state index contributed by atoms with van der Waals surface area (Å²) >= 11 is 7.51. The molecule has 1 unspecified atom stereocenters. The minimum absolute atomic E-state index is 0.148. The van der Waals surface area contributed by atoms with Crippen molar-refractivity contribution in [3.8, 4) is 11.5 Å². The molecule has 2 aromatic carbocycles. The fourth-order valence-corrected chi connectivity index (χ4v) is 3.95. The summed E-state index contributed by atoms with van der Waals surface area (Å²) in [5, 5.41) is 12.6. The van der Waals surface area contributed by atoms with Crippen LogP contribution in [0.15, 0.2) is 53.7 Å². The molecule has 164 valence electrons. The molecule has 0 aliphatic rings. The van der Waals surface area contributed by atoms with Crippen LogP contribution in [0.2, 0.25) is 5.02 Å². The van der Waals surface area contributed by atoms with Gasteiger partial charge in [0.05, 0.1) is 23.1 Å². The van der Waals surface area contributed by atoms with Gasteiger partial charge in [0.1, 0.15) is 11.5 Å². The fourth-order valence-electron chi connectivity index (χ4n) is 2.96. The quantitative estimate of drug-likeness (QED) is 0.418. The molecule has 9 heteroatoms. The molecule has 3 rings (SSSR count). The van der Waals surface area contributed by atoms with Gasteiger partial charge in [-0.25, -0.2) is 0 Å². The van der Waals surface area contributed by atoms with Crippen molar-refractivity contribution >= 4 is 35.0 Å². The number of thioether (sulfide) groups is 1. The Kier molecular flexibility index (Phi) is 8.20. The number of para-hydroxylation sites is 3. The molecule has 0 bridgehead atoms. The molecule has 0 fully saturated rings. The normalized spacial score (nSPS) is 11.7. The number of carbonyl (C=O) groups is 1. The molecule has 1 heterocycles. The minimum atomic E-state index is -0.353. The average Bonchev–Trinajstić information content (AvgIpc) is 3.18. The first-order valence-electron chi connectivity index (χ1n) is 10.0. The number of ether oxygens (including phenoxy) is 2. The number of aromatic nitrogens is 3. The topological polar surface area (TPSA) is 78.3 Å². The lowest BCUT2D eigenvalue weighted by Crippen LogP contribution is -2.16. The second-order valence-corrected chi connectivity index (χ2v) is 7.89. The van der Waals surface area contributed by atoms with Gasteiger partial charge in [-0.2, -0.15) is 0 Å². The molecular formula is C22H25ClN4O3S. The molecule has 31 heavy (non-hydrogen) atoms. The maximum atomic E-state index is 12.5. The molecule has 1 amide bonds. The van der Waals surface area contributed by atoms with E-state index >= 15 is 0 Å². The van der Waals surface area contributed by atoms with E-state index in [-0.39, 0.29) is 17.8 Å². The van der Waals surface area contributed by atoms with Gasteiger partial charge in [0.2, 0.25) is 5.91 Å². The first kappa shape index (κ1) is 23.0. The lowest BCUT2D eigenvalue weighted by atomic mass is 10.3. The molecule has 0 saturated carbocycles. The van der Waals surface area contributed by atoms with Crippen molar-refractivity contribution < 1.29 is 14.3 Å². The van der Waals surface area contributed by atoms with E-state index in [0.717, 1.165) is 0 Å². The number of amides is 1. The van der Waals surface area contributed by atoms with Crippen molar-refractivity contribution in [2.24, 2.45) is 0 Å². The van der Waals surface area contributed by atoms with Crippen LogP contribution in [0.1, 0.15) is 32.7 Å². The number of benzene rings is 2. The third-order valence-electron chi connectivity index (χ3n) is 4.36. The van der Waals surface area contributed by atoms with Gasteiger partial charge in [-0.05, 0) is 45.0 Å². The highest BCUT2D eigenvalue weighted by molar-refractivity contribution is 7.99. The van der Waals surface area contributed by atoms with Crippen molar-refractivity contribution in [2.75, 3.05) is 17.7 Å². The minimum Gasteiger partial charge on any atom is -0.492 e. The molecular weight excluding hydrogens is 436 g/mol. The Morgan fingerprint density at radius 3 is 2.55 bits per heavy atom. The number of hydrogen-bond donors (Lipinski definition) is 1. The van der Waals surface area contributed by atoms with Crippen LogP contribution in [0, 0.1) is 0 Å². The van der Waals surface area contributed by atoms with Crippen molar-refractivity contribution in [1.29, 1.82) is 0 Å². The first-order chi connectivity index (χ1) is 15.0. The van der Waals surface area contributed by atoms with Crippen LogP contribution in [0.4, 0.5) is 5.69 Å². The van der Waals surface area contributed by atoms with Crippen LogP contribution in [0.25, 0.3) is 0 Å². The average molecular weight is 461 g/mol. The summed E-state index contributed by atoms with van der Waals surface area (Å²) in [5.41, 5.74) is 0.648. The number of nitrogens with one attached hydrogen (secondary N) is 1. The molecule has 1 N–H and O–H groups in total. The van der Waals surface area contributed by atoms with Gasteiger partial charge in [0.15, 0.2) is 17.1 Å². The van der Waals surface area contributed by atoms with E-state index in [2.05, 4.69) is 15.5 Å². The lowest BCUT2D eigenvalue weighted by molar-refractivity contribution is -0.113. The highest BCUT2D eigenvalue weighted by Crippen LogP contribution is 2.29. The van der Waals surface area contributed by atoms with E-state index in [1.165, 1.54) is 11.8 Å². The summed E-state index contributed by atoms with van der Waals surface area (Å²) < 4.78 is 13.5. The van der Waals surface area contributed by atoms with E-state index in [1.807, 2.05) is 67.8 Å². The maximum absolute atomic E-state index is 12.5. The molecule has 1 atom stereocenters. The van der Waals surface area contributed by atoms with Crippen LogP contribution in [0.3, 0.4) is 0 Å². The van der Waals surface area contributed by atoms with Gasteiger partial charge < -0.3 is 19.4 Å². The lowest BCUT2D eigenvalue weighted by Gasteiger charge is -2.16. The van der Waals surface area contributed by atoms with Crippen molar-refractivity contribution in [2.45, 2.75) is 38.6 Å². The van der Waals surface area contributed by atoms with Gasteiger partial charge in [-0.3, -0.25) is 4.79 Å². The number of nitrogens with zero attached hydrogens (tertiary/aromatic N) is 3. The summed E-state index contributed by atoms with van der Waals surface area (Å²) in [6, 6.07) is 14.7. The monoisotopic (exact) mass is 460 g/mol. The van der Waals surface area contributed by atoms with Gasteiger partial charge in [0, 0.05) is 6.54 Å². The van der Waals surface area contributed by atoms with Crippen LogP contribution >= 0.6 is 23.4 Å². The predicted molar refractivity (Wildman–Crippen MR) is 123 cm³/mol. The van der Waals surface area contributed by atoms with Crippen LogP contribution in [-0.4, -0.2) is 33.0 Å². The molecule has 0 saturated heterocycles. The van der Waals surface area contributed by atoms with Gasteiger partial charge in [0.25, 0.3) is 0 Å². The SMILES string of the molecule is CCOc1ccccc1NC(=O)CSc1nnc(C(C)Oc2ccccc2Cl)n1CC. The molecule has 1 aromatic heterocycles. The molecule has 0 radical (unpaired) electrons. The molecule has 7 nitrogen and oxygen atoms in total. The highest BCUT2D eigenvalue weighted by Gasteiger charge is 2.20. The zero-order valence-corrected chi connectivity index (χ0v) is 19.2. The number of halogens is 1. The van der Waals surface area contributed by atoms with Gasteiger partial charge >= 0.3 is 0 Å². The second kappa shape index (κ2) is 11.1. The maximum Gasteiger partial charge on any atom is 0.234 e. The molecule has 0 spiro atoms. The van der Waals surface area contributed by atoms with Crippen LogP contribution in [0.5, 0.6) is 11.5 Å². The molecule has 0 aliphatic heterocycles. The van der Waals surface area contributed by atoms with Crippen LogP contribution < -0.4 is 14.8 Å². The highest BCUT2D eigenvalue weighted by atomic mass is 35.5. The van der Waals surface area contributed by atoms with E-state index in [0.29, 0.717) is 46.3 Å². The summed E-state index contributed by atoms with van der Waals surface area (Å²) in [6.07, 6.45) is -0.353. The Bertz CT molecular complexity index is 1030. The smallest absolute Gasteiger partial charge is 0.234 e. The Balaban J connectivity index is 1.64. The van der Waals surface area contributed by atoms with Crippen molar-refractivity contribution in [1.82, 2.24) is 14.8 Å². The Morgan fingerprint density at radius 2 is 1.84 bits per heavy atom. The number of carbonyl (C=O) groups excluding carboxylic acids is 1. The van der Waals surface area contributed by atoms with E-state index in [4.69, 9.17) is 21.1 Å². The third kappa shape index (κ3) is 5.92. The van der Waals surface area contributed by atoms with Gasteiger partial charge in [-0.1, -0.05) is 47.6 Å².